The first-order valence-electron chi connectivity index (χ1n) is 7.47. The molecule has 2 N–H and O–H groups in total. The minimum absolute atomic E-state index is 0.244. The van der Waals surface area contributed by atoms with Gasteiger partial charge < -0.3 is 15.2 Å². The van der Waals surface area contributed by atoms with Crippen molar-refractivity contribution in [2.45, 2.75) is 71.6 Å². The lowest BCUT2D eigenvalue weighted by Gasteiger charge is -2.36. The average Bonchev–Trinajstić information content (AvgIpc) is 2.36. The molecule has 3 atom stereocenters. The van der Waals surface area contributed by atoms with Gasteiger partial charge in [-0.1, -0.05) is 11.6 Å². The summed E-state index contributed by atoms with van der Waals surface area (Å²) in [4.78, 5) is 23.0. The molecule has 0 heterocycles. The molecule has 0 bridgehead atoms. The highest BCUT2D eigenvalue weighted by Crippen LogP contribution is 2.34. The standard InChI is InChI=1S/C16H27NO4/c1-10-6-8-13(9-7-10)16(4,5)21-15(20)14(19)11(2)17-12(3)18/h6,11,13-14,19H,7-9H2,1-5H3,(H,17,18). The third kappa shape index (κ3) is 5.16. The summed E-state index contributed by atoms with van der Waals surface area (Å²) < 4.78 is 5.51. The summed E-state index contributed by atoms with van der Waals surface area (Å²) in [5.41, 5.74) is 0.735. The molecular weight excluding hydrogens is 270 g/mol. The molecule has 0 aromatic carbocycles. The first-order valence-corrected chi connectivity index (χ1v) is 7.47. The molecule has 5 heteroatoms. The van der Waals surface area contributed by atoms with Crippen molar-refractivity contribution >= 4 is 11.9 Å². The Morgan fingerprint density at radius 1 is 1.48 bits per heavy atom. The molecule has 0 aliphatic heterocycles. The maximum absolute atomic E-state index is 12.0. The van der Waals surface area contributed by atoms with E-state index in [0.717, 1.165) is 19.3 Å². The van der Waals surface area contributed by atoms with E-state index < -0.39 is 23.7 Å². The van der Waals surface area contributed by atoms with Crippen molar-refractivity contribution in [1.82, 2.24) is 5.32 Å². The second-order valence-electron chi connectivity index (χ2n) is 6.48. The highest BCUT2D eigenvalue weighted by atomic mass is 16.6. The van der Waals surface area contributed by atoms with Crippen molar-refractivity contribution in [3.8, 4) is 0 Å². The summed E-state index contributed by atoms with van der Waals surface area (Å²) >= 11 is 0. The lowest BCUT2D eigenvalue weighted by Crippen LogP contribution is -2.48. The molecule has 0 radical (unpaired) electrons. The predicted molar refractivity (Wildman–Crippen MR) is 80.6 cm³/mol. The lowest BCUT2D eigenvalue weighted by molar-refractivity contribution is -0.173. The zero-order valence-electron chi connectivity index (χ0n) is 13.6. The molecule has 1 rings (SSSR count). The van der Waals surface area contributed by atoms with Gasteiger partial charge in [-0.25, -0.2) is 4.79 Å². The fraction of sp³-hybridized carbons (Fsp3) is 0.750. The number of aliphatic hydroxyl groups excluding tert-OH is 1. The van der Waals surface area contributed by atoms with E-state index in [1.807, 2.05) is 13.8 Å². The van der Waals surface area contributed by atoms with Gasteiger partial charge in [0, 0.05) is 12.8 Å². The number of hydrogen-bond acceptors (Lipinski definition) is 4. The molecule has 3 unspecified atom stereocenters. The van der Waals surface area contributed by atoms with Crippen molar-refractivity contribution in [2.75, 3.05) is 0 Å². The Labute approximate surface area is 126 Å². The van der Waals surface area contributed by atoms with Crippen LogP contribution in [-0.2, 0) is 14.3 Å². The Morgan fingerprint density at radius 2 is 2.10 bits per heavy atom. The number of carbonyl (C=O) groups is 2. The molecule has 0 aromatic rings. The van der Waals surface area contributed by atoms with Crippen molar-refractivity contribution < 1.29 is 19.4 Å². The number of ether oxygens (including phenoxy) is 1. The zero-order chi connectivity index (χ0) is 16.2. The molecule has 0 spiro atoms. The number of amides is 1. The largest absolute Gasteiger partial charge is 0.457 e. The number of esters is 1. The average molecular weight is 297 g/mol. The Morgan fingerprint density at radius 3 is 2.57 bits per heavy atom. The summed E-state index contributed by atoms with van der Waals surface area (Å²) in [5.74, 6) is -0.734. The fourth-order valence-electron chi connectivity index (χ4n) is 2.60. The third-order valence-electron chi connectivity index (χ3n) is 4.13. The van der Waals surface area contributed by atoms with Gasteiger partial charge >= 0.3 is 5.97 Å². The smallest absolute Gasteiger partial charge is 0.337 e. The quantitative estimate of drug-likeness (QED) is 0.600. The second kappa shape index (κ2) is 7.07. The Bertz CT molecular complexity index is 428. The van der Waals surface area contributed by atoms with E-state index in [4.69, 9.17) is 4.74 Å². The summed E-state index contributed by atoms with van der Waals surface area (Å²) in [6.45, 7) is 8.77. The first kappa shape index (κ1) is 17.7. The molecule has 21 heavy (non-hydrogen) atoms. The number of aliphatic hydroxyl groups is 1. The van der Waals surface area contributed by atoms with Gasteiger partial charge in [-0.2, -0.15) is 0 Å². The highest BCUT2D eigenvalue weighted by molar-refractivity contribution is 5.78. The Hall–Kier alpha value is -1.36. The fourth-order valence-corrected chi connectivity index (χ4v) is 2.60. The topological polar surface area (TPSA) is 75.6 Å². The third-order valence-corrected chi connectivity index (χ3v) is 4.13. The monoisotopic (exact) mass is 297 g/mol. The van der Waals surface area contributed by atoms with Crippen LogP contribution in [-0.4, -0.2) is 34.7 Å². The van der Waals surface area contributed by atoms with E-state index in [-0.39, 0.29) is 11.8 Å². The summed E-state index contributed by atoms with van der Waals surface area (Å²) in [7, 11) is 0. The molecule has 120 valence electrons. The predicted octanol–water partition coefficient (Wildman–Crippen LogP) is 1.94. The summed E-state index contributed by atoms with van der Waals surface area (Å²) in [6, 6.07) is -0.667. The number of nitrogens with one attached hydrogen (secondary N) is 1. The van der Waals surface area contributed by atoms with Gasteiger partial charge in [-0.15, -0.1) is 0 Å². The molecular formula is C16H27NO4. The van der Waals surface area contributed by atoms with Gasteiger partial charge in [-0.05, 0) is 47.0 Å². The molecule has 5 nitrogen and oxygen atoms in total. The summed E-state index contributed by atoms with van der Waals surface area (Å²) in [5, 5.41) is 12.4. The normalized spacial score (nSPS) is 22.0. The van der Waals surface area contributed by atoms with Crippen molar-refractivity contribution in [1.29, 1.82) is 0 Å². The first-order chi connectivity index (χ1) is 9.63. The van der Waals surface area contributed by atoms with Crippen LogP contribution >= 0.6 is 0 Å². The molecule has 1 aliphatic rings. The second-order valence-corrected chi connectivity index (χ2v) is 6.48. The van der Waals surface area contributed by atoms with Crippen molar-refractivity contribution in [2.24, 2.45) is 5.92 Å². The maximum atomic E-state index is 12.0. The highest BCUT2D eigenvalue weighted by Gasteiger charge is 2.36. The van der Waals surface area contributed by atoms with Crippen molar-refractivity contribution in [3.05, 3.63) is 11.6 Å². The Kier molecular flexibility index (Phi) is 5.96. The maximum Gasteiger partial charge on any atom is 0.337 e. The van der Waals surface area contributed by atoms with Crippen LogP contribution in [0.2, 0.25) is 0 Å². The van der Waals surface area contributed by atoms with E-state index in [1.54, 1.807) is 6.92 Å². The van der Waals surface area contributed by atoms with Crippen LogP contribution in [0.25, 0.3) is 0 Å². The van der Waals surface area contributed by atoms with Crippen LogP contribution in [0, 0.1) is 5.92 Å². The van der Waals surface area contributed by atoms with Gasteiger partial charge in [0.2, 0.25) is 5.91 Å². The lowest BCUT2D eigenvalue weighted by atomic mass is 9.79. The number of allylic oxidation sites excluding steroid dienone is 2. The van der Waals surface area contributed by atoms with E-state index in [2.05, 4.69) is 18.3 Å². The van der Waals surface area contributed by atoms with E-state index >= 15 is 0 Å². The molecule has 1 amide bonds. The molecule has 0 aromatic heterocycles. The van der Waals surface area contributed by atoms with Crippen LogP contribution in [0.15, 0.2) is 11.6 Å². The van der Waals surface area contributed by atoms with Crippen LogP contribution < -0.4 is 5.32 Å². The number of carbonyl (C=O) groups excluding carboxylic acids is 2. The van der Waals surface area contributed by atoms with E-state index in [1.165, 1.54) is 12.5 Å². The van der Waals surface area contributed by atoms with Gasteiger partial charge in [-0.3, -0.25) is 4.79 Å². The van der Waals surface area contributed by atoms with Gasteiger partial charge in [0.1, 0.15) is 5.60 Å². The van der Waals surface area contributed by atoms with Crippen LogP contribution in [0.4, 0.5) is 0 Å². The Balaban J connectivity index is 2.61. The molecule has 0 saturated heterocycles. The van der Waals surface area contributed by atoms with Crippen LogP contribution in [0.3, 0.4) is 0 Å². The minimum atomic E-state index is -1.35. The molecule has 0 saturated carbocycles. The van der Waals surface area contributed by atoms with E-state index in [9.17, 15) is 14.7 Å². The number of hydrogen-bond donors (Lipinski definition) is 2. The number of rotatable bonds is 5. The van der Waals surface area contributed by atoms with Crippen LogP contribution in [0.5, 0.6) is 0 Å². The molecule has 1 aliphatic carbocycles. The van der Waals surface area contributed by atoms with Crippen LogP contribution in [0.1, 0.15) is 53.9 Å². The van der Waals surface area contributed by atoms with Gasteiger partial charge in [0.05, 0.1) is 6.04 Å². The SMILES string of the molecule is CC(=O)NC(C)C(O)C(=O)OC(C)(C)C1CC=C(C)CC1. The summed E-state index contributed by atoms with van der Waals surface area (Å²) in [6.07, 6.45) is 3.69. The minimum Gasteiger partial charge on any atom is -0.457 e. The van der Waals surface area contributed by atoms with Gasteiger partial charge in [0.15, 0.2) is 6.10 Å². The van der Waals surface area contributed by atoms with Crippen molar-refractivity contribution in [3.63, 3.8) is 0 Å². The van der Waals surface area contributed by atoms with Gasteiger partial charge in [0.25, 0.3) is 0 Å². The molecule has 0 fully saturated rings. The zero-order valence-corrected chi connectivity index (χ0v) is 13.6. The van der Waals surface area contributed by atoms with E-state index in [0.29, 0.717) is 0 Å².